The molecule has 0 radical (unpaired) electrons. The molecule has 0 aliphatic carbocycles. The van der Waals surface area contributed by atoms with Gasteiger partial charge in [-0.3, -0.25) is 0 Å². The van der Waals surface area contributed by atoms with Crippen molar-refractivity contribution in [3.8, 4) is 0 Å². The Morgan fingerprint density at radius 3 is 2.04 bits per heavy atom. The molecule has 0 bridgehead atoms. The molecule has 25 heavy (non-hydrogen) atoms. The molecule has 2 aliphatic rings. The first-order valence-electron chi connectivity index (χ1n) is 7.95. The first-order chi connectivity index (χ1) is 12.1. The number of carboxylic acids is 1. The zero-order valence-electron chi connectivity index (χ0n) is 13.9. The van der Waals surface area contributed by atoms with Crippen molar-refractivity contribution in [1.82, 2.24) is 0 Å². The summed E-state index contributed by atoms with van der Waals surface area (Å²) in [4.78, 5) is 13.4. The zero-order valence-corrected chi connectivity index (χ0v) is 18.8. The average molecular weight is 447 g/mol. The first kappa shape index (κ1) is 20.0. The molecule has 0 saturated heterocycles. The van der Waals surface area contributed by atoms with Crippen LogP contribution >= 0.6 is 70.6 Å². The largest absolute Gasteiger partial charge is 0.478 e. The minimum absolute atomic E-state index is 0.362. The number of carbonyl (C=O) groups is 1. The van der Waals surface area contributed by atoms with Gasteiger partial charge in [0.1, 0.15) is 0 Å². The molecule has 0 spiro atoms. The van der Waals surface area contributed by atoms with Gasteiger partial charge in [0.15, 0.2) is 0 Å². The highest BCUT2D eigenvalue weighted by atomic mass is 32.3. The molecule has 0 aromatic heterocycles. The van der Waals surface area contributed by atoms with Crippen molar-refractivity contribution in [2.24, 2.45) is 0 Å². The van der Waals surface area contributed by atoms with E-state index >= 15 is 0 Å². The lowest BCUT2D eigenvalue weighted by molar-refractivity contribution is 0.0696. The maximum absolute atomic E-state index is 11.2. The Hall–Kier alpha value is 0.270. The molecule has 0 unspecified atom stereocenters. The minimum Gasteiger partial charge on any atom is -0.478 e. The Kier molecular flexibility index (Phi) is 7.57. The van der Waals surface area contributed by atoms with E-state index in [1.165, 1.54) is 29.8 Å². The Morgan fingerprint density at radius 1 is 0.920 bits per heavy atom. The van der Waals surface area contributed by atoms with Crippen molar-refractivity contribution in [3.63, 3.8) is 0 Å². The normalized spacial score (nSPS) is 16.7. The van der Waals surface area contributed by atoms with E-state index in [1.807, 2.05) is 53.1 Å². The van der Waals surface area contributed by atoms with E-state index in [0.717, 1.165) is 21.3 Å². The first-order valence-corrected chi connectivity index (χ1v) is 13.2. The van der Waals surface area contributed by atoms with Crippen LogP contribution in [0.5, 0.6) is 0 Å². The third-order valence-corrected chi connectivity index (χ3v) is 12.2. The molecule has 134 valence electrons. The van der Waals surface area contributed by atoms with E-state index in [9.17, 15) is 9.90 Å². The molecule has 1 N–H and O–H groups in total. The van der Waals surface area contributed by atoms with Gasteiger partial charge in [0.05, 0.1) is 22.5 Å². The number of hydrogen-bond acceptors (Lipinski definition) is 7. The molecule has 3 rings (SSSR count). The molecular weight excluding hydrogens is 429 g/mol. The zero-order chi connectivity index (χ0) is 17.8. The van der Waals surface area contributed by atoms with Gasteiger partial charge in [0.25, 0.3) is 0 Å². The summed E-state index contributed by atoms with van der Waals surface area (Å²) in [7, 11) is 0. The molecule has 0 amide bonds. The lowest BCUT2D eigenvalue weighted by Gasteiger charge is -2.02. The second-order valence-electron chi connectivity index (χ2n) is 5.22. The van der Waals surface area contributed by atoms with Crippen molar-refractivity contribution < 1.29 is 9.90 Å². The van der Waals surface area contributed by atoms with Crippen LogP contribution in [0.3, 0.4) is 0 Å². The molecule has 8 heteroatoms. The summed E-state index contributed by atoms with van der Waals surface area (Å²) < 4.78 is 5.52. The molecule has 0 fully saturated rings. The summed E-state index contributed by atoms with van der Waals surface area (Å²) >= 11 is 11.2. The number of carboxylic acid groups (broad SMARTS) is 1. The number of thioether (sulfide) groups is 6. The predicted molar refractivity (Wildman–Crippen MR) is 120 cm³/mol. The van der Waals surface area contributed by atoms with Crippen LogP contribution in [0.2, 0.25) is 0 Å². The monoisotopic (exact) mass is 446 g/mol. The molecule has 2 nitrogen and oxygen atoms in total. The Balaban J connectivity index is 1.77. The van der Waals surface area contributed by atoms with Crippen molar-refractivity contribution >= 4 is 76.5 Å². The van der Waals surface area contributed by atoms with E-state index < -0.39 is 5.97 Å². The third-order valence-electron chi connectivity index (χ3n) is 3.17. The Labute approximate surface area is 174 Å². The smallest absolute Gasteiger partial charge is 0.335 e. The van der Waals surface area contributed by atoms with Crippen molar-refractivity contribution in [2.45, 2.75) is 36.5 Å². The number of rotatable bonds is 7. The van der Waals surface area contributed by atoms with Gasteiger partial charge in [0.2, 0.25) is 0 Å². The molecule has 1 aromatic carbocycles. The average Bonchev–Trinajstić information content (AvgIpc) is 3.20. The quantitative estimate of drug-likeness (QED) is 0.459. The number of hydrogen-bond donors (Lipinski definition) is 1. The molecule has 2 aliphatic heterocycles. The van der Waals surface area contributed by atoms with Gasteiger partial charge in [-0.15, -0.1) is 23.5 Å². The van der Waals surface area contributed by atoms with Crippen LogP contribution < -0.4 is 0 Å². The molecule has 0 saturated carbocycles. The summed E-state index contributed by atoms with van der Waals surface area (Å²) in [5.74, 6) is 1.45. The van der Waals surface area contributed by atoms with Crippen molar-refractivity contribution in [1.29, 1.82) is 0 Å². The second kappa shape index (κ2) is 9.46. The van der Waals surface area contributed by atoms with Gasteiger partial charge in [-0.25, -0.2) is 4.79 Å². The standard InChI is InChI=1S/C17H18O2S6/c1-3-7-20-14-15(21-8-4-2)25-17(24-14)16-22-11-6-5-10(13(18)19)9-12(11)23-16/h5-6,9H,3-4,7-8H2,1-2H3,(H,18,19). The van der Waals surface area contributed by atoms with Gasteiger partial charge in [-0.05, 0) is 42.5 Å². The van der Waals surface area contributed by atoms with E-state index in [-0.39, 0.29) is 0 Å². The van der Waals surface area contributed by atoms with Crippen LogP contribution in [0.4, 0.5) is 0 Å². The van der Waals surface area contributed by atoms with Crippen LogP contribution in [0, 0.1) is 0 Å². The SMILES string of the molecule is CCCSC1=C(SCCC)SC(=C2Sc3ccc(C(=O)O)cc3S2)S1. The van der Waals surface area contributed by atoms with Crippen LogP contribution in [-0.4, -0.2) is 22.6 Å². The van der Waals surface area contributed by atoms with Gasteiger partial charge >= 0.3 is 5.97 Å². The maximum atomic E-state index is 11.2. The highest BCUT2D eigenvalue weighted by Crippen LogP contribution is 2.64. The number of benzene rings is 1. The lowest BCUT2D eigenvalue weighted by atomic mass is 10.2. The summed E-state index contributed by atoms with van der Waals surface area (Å²) in [5, 5.41) is 9.18. The molecular formula is C17H18O2S6. The fourth-order valence-electron chi connectivity index (χ4n) is 2.03. The molecule has 1 aromatic rings. The predicted octanol–water partition coefficient (Wildman–Crippen LogP) is 7.60. The highest BCUT2D eigenvalue weighted by molar-refractivity contribution is 8.42. The van der Waals surface area contributed by atoms with E-state index in [0.29, 0.717) is 5.56 Å². The summed E-state index contributed by atoms with van der Waals surface area (Å²) in [6, 6.07) is 5.42. The summed E-state index contributed by atoms with van der Waals surface area (Å²) in [6.45, 7) is 4.44. The molecule has 2 heterocycles. The Morgan fingerprint density at radius 2 is 1.48 bits per heavy atom. The Bertz CT molecular complexity index is 719. The minimum atomic E-state index is -0.864. The van der Waals surface area contributed by atoms with E-state index in [1.54, 1.807) is 35.7 Å². The van der Waals surface area contributed by atoms with Gasteiger partial charge in [-0.2, -0.15) is 0 Å². The van der Waals surface area contributed by atoms with Crippen LogP contribution in [0.1, 0.15) is 37.0 Å². The highest BCUT2D eigenvalue weighted by Gasteiger charge is 2.29. The van der Waals surface area contributed by atoms with Gasteiger partial charge in [0, 0.05) is 9.79 Å². The van der Waals surface area contributed by atoms with Gasteiger partial charge < -0.3 is 5.11 Å². The topological polar surface area (TPSA) is 37.3 Å². The third kappa shape index (κ3) is 4.96. The lowest BCUT2D eigenvalue weighted by Crippen LogP contribution is -1.95. The van der Waals surface area contributed by atoms with Crippen molar-refractivity contribution in [3.05, 3.63) is 40.7 Å². The maximum Gasteiger partial charge on any atom is 0.335 e. The number of aromatic carboxylic acids is 1. The van der Waals surface area contributed by atoms with Crippen molar-refractivity contribution in [2.75, 3.05) is 11.5 Å². The molecule has 0 atom stereocenters. The van der Waals surface area contributed by atoms with Crippen LogP contribution in [0.15, 0.2) is 44.9 Å². The van der Waals surface area contributed by atoms with Gasteiger partial charge in [-0.1, -0.05) is 60.9 Å². The fourth-order valence-corrected chi connectivity index (χ4v) is 10.5. The van der Waals surface area contributed by atoms with E-state index in [2.05, 4.69) is 13.8 Å². The van der Waals surface area contributed by atoms with Crippen LogP contribution in [0.25, 0.3) is 0 Å². The number of fused-ring (bicyclic) bond motifs is 1. The van der Waals surface area contributed by atoms with E-state index in [4.69, 9.17) is 0 Å². The summed E-state index contributed by atoms with van der Waals surface area (Å²) in [6.07, 6.45) is 2.37. The fraction of sp³-hybridized carbons (Fsp3) is 0.353. The second-order valence-corrected chi connectivity index (χ2v) is 12.6. The van der Waals surface area contributed by atoms with Crippen LogP contribution in [-0.2, 0) is 0 Å². The summed E-state index contributed by atoms with van der Waals surface area (Å²) in [5.41, 5.74) is 0.362.